The molecule has 1 aliphatic carbocycles. The van der Waals surface area contributed by atoms with Crippen LogP contribution in [0.5, 0.6) is 0 Å². The van der Waals surface area contributed by atoms with Crippen molar-refractivity contribution in [2.24, 2.45) is 5.92 Å². The molecule has 5 rings (SSSR count). The summed E-state index contributed by atoms with van der Waals surface area (Å²) in [4.78, 5) is 33.4. The molecule has 1 unspecified atom stereocenters. The first kappa shape index (κ1) is 25.5. The van der Waals surface area contributed by atoms with Crippen molar-refractivity contribution in [3.63, 3.8) is 0 Å². The van der Waals surface area contributed by atoms with Crippen molar-refractivity contribution in [2.75, 3.05) is 37.0 Å². The number of carbonyl (C=O) groups excluding carboxylic acids is 1. The molecular weight excluding hydrogens is 482 g/mol. The summed E-state index contributed by atoms with van der Waals surface area (Å²) in [7, 11) is 4.06. The highest BCUT2D eigenvalue weighted by atomic mass is 32.1. The van der Waals surface area contributed by atoms with Crippen LogP contribution in [0.2, 0.25) is 0 Å². The van der Waals surface area contributed by atoms with Gasteiger partial charge in [0, 0.05) is 37.7 Å². The first-order valence-electron chi connectivity index (χ1n) is 13.1. The van der Waals surface area contributed by atoms with Crippen molar-refractivity contribution in [3.8, 4) is 10.4 Å². The SMILES string of the molecule is CN(C)c1ccc(CN2CC(=O)N(c3cc(-c4ccccc4)sc3C(=O)O)C(C3CCCCC3)C2)cc1. The molecule has 37 heavy (non-hydrogen) atoms. The summed E-state index contributed by atoms with van der Waals surface area (Å²) >= 11 is 1.26. The van der Waals surface area contributed by atoms with E-state index in [2.05, 4.69) is 34.1 Å². The molecule has 2 aromatic carbocycles. The van der Waals surface area contributed by atoms with Gasteiger partial charge >= 0.3 is 5.97 Å². The number of anilines is 2. The third kappa shape index (κ3) is 5.58. The molecule has 2 aliphatic rings. The molecule has 0 spiro atoms. The number of hydrogen-bond acceptors (Lipinski definition) is 5. The lowest BCUT2D eigenvalue weighted by Gasteiger charge is -2.45. The lowest BCUT2D eigenvalue weighted by Crippen LogP contribution is -2.59. The number of carboxylic acids is 1. The topological polar surface area (TPSA) is 64.1 Å². The fraction of sp³-hybridized carbons (Fsp3) is 0.400. The summed E-state index contributed by atoms with van der Waals surface area (Å²) in [6, 6.07) is 20.2. The minimum Gasteiger partial charge on any atom is -0.477 e. The van der Waals surface area contributed by atoms with Crippen molar-refractivity contribution < 1.29 is 14.7 Å². The monoisotopic (exact) mass is 517 g/mol. The van der Waals surface area contributed by atoms with Crippen molar-refractivity contribution >= 4 is 34.6 Å². The largest absolute Gasteiger partial charge is 0.477 e. The number of benzene rings is 2. The minimum atomic E-state index is -0.971. The number of aromatic carboxylic acids is 1. The molecule has 1 atom stereocenters. The molecule has 2 fully saturated rings. The van der Waals surface area contributed by atoms with Crippen LogP contribution in [-0.4, -0.2) is 55.1 Å². The number of carbonyl (C=O) groups is 2. The van der Waals surface area contributed by atoms with Crippen LogP contribution in [0.4, 0.5) is 11.4 Å². The molecule has 1 amide bonds. The van der Waals surface area contributed by atoms with Crippen LogP contribution >= 0.6 is 11.3 Å². The maximum Gasteiger partial charge on any atom is 0.348 e. The average molecular weight is 518 g/mol. The van der Waals surface area contributed by atoms with Crippen LogP contribution in [0.3, 0.4) is 0 Å². The average Bonchev–Trinajstić information content (AvgIpc) is 3.35. The van der Waals surface area contributed by atoms with E-state index in [0.29, 0.717) is 18.2 Å². The van der Waals surface area contributed by atoms with E-state index >= 15 is 0 Å². The highest BCUT2D eigenvalue weighted by Crippen LogP contribution is 2.41. The Bertz CT molecular complexity index is 1230. The van der Waals surface area contributed by atoms with Gasteiger partial charge in [0.25, 0.3) is 0 Å². The molecule has 0 radical (unpaired) electrons. The van der Waals surface area contributed by atoms with Gasteiger partial charge in [0.1, 0.15) is 4.88 Å². The van der Waals surface area contributed by atoms with Crippen LogP contribution in [0.15, 0.2) is 60.7 Å². The van der Waals surface area contributed by atoms with Gasteiger partial charge in [-0.25, -0.2) is 4.79 Å². The van der Waals surface area contributed by atoms with E-state index in [1.807, 2.05) is 55.4 Å². The Kier molecular flexibility index (Phi) is 7.63. The summed E-state index contributed by atoms with van der Waals surface area (Å²) in [6.07, 6.45) is 5.73. The molecule has 194 valence electrons. The molecule has 1 N–H and O–H groups in total. The van der Waals surface area contributed by atoms with E-state index in [1.54, 1.807) is 0 Å². The molecule has 1 aromatic heterocycles. The predicted molar refractivity (Wildman–Crippen MR) is 151 cm³/mol. The zero-order chi connectivity index (χ0) is 25.9. The van der Waals surface area contributed by atoms with Gasteiger partial charge in [-0.2, -0.15) is 0 Å². The van der Waals surface area contributed by atoms with E-state index in [9.17, 15) is 14.7 Å². The van der Waals surface area contributed by atoms with Crippen LogP contribution in [0, 0.1) is 5.92 Å². The van der Waals surface area contributed by atoms with E-state index in [1.165, 1.54) is 36.2 Å². The van der Waals surface area contributed by atoms with Gasteiger partial charge in [-0.15, -0.1) is 11.3 Å². The molecule has 6 nitrogen and oxygen atoms in total. The van der Waals surface area contributed by atoms with Gasteiger partial charge in [0.2, 0.25) is 5.91 Å². The van der Waals surface area contributed by atoms with Crippen molar-refractivity contribution in [1.29, 1.82) is 0 Å². The maximum atomic E-state index is 13.8. The first-order chi connectivity index (χ1) is 17.9. The van der Waals surface area contributed by atoms with Crippen LogP contribution in [-0.2, 0) is 11.3 Å². The lowest BCUT2D eigenvalue weighted by molar-refractivity contribution is -0.123. The molecular formula is C30H35N3O3S. The van der Waals surface area contributed by atoms with Crippen LogP contribution in [0.1, 0.15) is 47.3 Å². The first-order valence-corrected chi connectivity index (χ1v) is 14.0. The second-order valence-corrected chi connectivity index (χ2v) is 11.5. The molecule has 2 heterocycles. The van der Waals surface area contributed by atoms with Gasteiger partial charge < -0.3 is 14.9 Å². The van der Waals surface area contributed by atoms with Crippen molar-refractivity contribution in [3.05, 3.63) is 71.1 Å². The molecule has 1 aliphatic heterocycles. The maximum absolute atomic E-state index is 13.8. The lowest BCUT2D eigenvalue weighted by atomic mass is 9.82. The Morgan fingerprint density at radius 3 is 2.38 bits per heavy atom. The Labute approximate surface area is 223 Å². The van der Waals surface area contributed by atoms with Gasteiger partial charge in [0.15, 0.2) is 0 Å². The zero-order valence-corrected chi connectivity index (χ0v) is 22.4. The molecule has 1 saturated heterocycles. The number of thiophene rings is 1. The second-order valence-electron chi connectivity index (χ2n) is 10.5. The number of nitrogens with zero attached hydrogens (tertiary/aromatic N) is 3. The number of hydrogen-bond donors (Lipinski definition) is 1. The zero-order valence-electron chi connectivity index (χ0n) is 21.6. The third-order valence-corrected chi connectivity index (χ3v) is 8.84. The van der Waals surface area contributed by atoms with Gasteiger partial charge in [-0.05, 0) is 48.1 Å². The van der Waals surface area contributed by atoms with Gasteiger partial charge in [-0.1, -0.05) is 61.7 Å². The standard InChI is InChI=1S/C30H35N3O3S/c1-31(2)24-15-13-21(14-16-24)18-32-19-26(22-9-5-3-6-10-22)33(28(34)20-32)25-17-27(37-29(25)30(35)36)23-11-7-4-8-12-23/h4,7-8,11-17,22,26H,3,5-6,9-10,18-20H2,1-2H3,(H,35,36). The number of amides is 1. The van der Waals surface area contributed by atoms with Gasteiger partial charge in [0.05, 0.1) is 18.3 Å². The smallest absolute Gasteiger partial charge is 0.348 e. The fourth-order valence-corrected chi connectivity index (χ4v) is 6.78. The van der Waals surface area contributed by atoms with E-state index < -0.39 is 5.97 Å². The van der Waals surface area contributed by atoms with Gasteiger partial charge in [-0.3, -0.25) is 9.69 Å². The Morgan fingerprint density at radius 1 is 1.03 bits per heavy atom. The molecule has 1 saturated carbocycles. The van der Waals surface area contributed by atoms with Crippen LogP contribution < -0.4 is 9.80 Å². The molecule has 3 aromatic rings. The molecule has 7 heteroatoms. The normalized spacial score (nSPS) is 19.2. The van der Waals surface area contributed by atoms with E-state index in [4.69, 9.17) is 0 Å². The van der Waals surface area contributed by atoms with E-state index in [-0.39, 0.29) is 23.4 Å². The highest BCUT2D eigenvalue weighted by molar-refractivity contribution is 7.18. The van der Waals surface area contributed by atoms with Crippen LogP contribution in [0.25, 0.3) is 10.4 Å². The number of piperazine rings is 1. The number of carboxylic acid groups (broad SMARTS) is 1. The summed E-state index contributed by atoms with van der Waals surface area (Å²) < 4.78 is 0. The van der Waals surface area contributed by atoms with Crippen molar-refractivity contribution in [2.45, 2.75) is 44.7 Å². The summed E-state index contributed by atoms with van der Waals surface area (Å²) in [5, 5.41) is 10.1. The highest BCUT2D eigenvalue weighted by Gasteiger charge is 2.40. The molecule has 0 bridgehead atoms. The van der Waals surface area contributed by atoms with Crippen molar-refractivity contribution in [1.82, 2.24) is 4.90 Å². The second kappa shape index (κ2) is 11.1. The Morgan fingerprint density at radius 2 is 1.73 bits per heavy atom. The Hall–Kier alpha value is -3.16. The van der Waals surface area contributed by atoms with E-state index in [0.717, 1.165) is 35.5 Å². The third-order valence-electron chi connectivity index (χ3n) is 7.68. The number of rotatable bonds is 7. The fourth-order valence-electron chi connectivity index (χ4n) is 5.79. The predicted octanol–water partition coefficient (Wildman–Crippen LogP) is 5.98. The quantitative estimate of drug-likeness (QED) is 0.418. The minimum absolute atomic E-state index is 0.00773. The summed E-state index contributed by atoms with van der Waals surface area (Å²) in [5.74, 6) is -0.606. The summed E-state index contributed by atoms with van der Waals surface area (Å²) in [5.41, 5.74) is 3.87. The Balaban J connectivity index is 1.46. The summed E-state index contributed by atoms with van der Waals surface area (Å²) in [6.45, 7) is 1.75.